The molecule has 2 amide bonds. The monoisotopic (exact) mass is 575 g/mol. The summed E-state index contributed by atoms with van der Waals surface area (Å²) >= 11 is 13.0. The number of rotatable bonds is 6. The first-order valence-corrected chi connectivity index (χ1v) is 14.0. The Morgan fingerprint density at radius 2 is 1.75 bits per heavy atom. The van der Waals surface area contributed by atoms with Gasteiger partial charge in [0.15, 0.2) is 5.82 Å². The van der Waals surface area contributed by atoms with Crippen LogP contribution in [0.2, 0.25) is 10.0 Å². The zero-order valence-electron chi connectivity index (χ0n) is 22.9. The van der Waals surface area contributed by atoms with Gasteiger partial charge in [0, 0.05) is 41.7 Å². The molecule has 9 heteroatoms. The van der Waals surface area contributed by atoms with Crippen molar-refractivity contribution in [3.8, 4) is 11.4 Å². The molecule has 0 saturated carbocycles. The van der Waals surface area contributed by atoms with Gasteiger partial charge in [-0.3, -0.25) is 9.59 Å². The fourth-order valence-corrected chi connectivity index (χ4v) is 5.09. The highest BCUT2D eigenvalue weighted by Gasteiger charge is 2.24. The van der Waals surface area contributed by atoms with Crippen LogP contribution in [0.5, 0.6) is 0 Å². The third-order valence-corrected chi connectivity index (χ3v) is 7.74. The number of nitrogens with one attached hydrogen (secondary N) is 2. The smallest absolute Gasteiger partial charge is 0.258 e. The molecule has 0 unspecified atom stereocenters. The highest BCUT2D eigenvalue weighted by Crippen LogP contribution is 2.34. The van der Waals surface area contributed by atoms with E-state index in [1.54, 1.807) is 12.1 Å². The van der Waals surface area contributed by atoms with Crippen LogP contribution in [0.4, 0.5) is 11.5 Å². The predicted octanol–water partition coefficient (Wildman–Crippen LogP) is 7.04. The summed E-state index contributed by atoms with van der Waals surface area (Å²) in [5.74, 6) is 0.968. The Kier molecular flexibility index (Phi) is 7.71. The van der Waals surface area contributed by atoms with Crippen molar-refractivity contribution in [2.24, 2.45) is 5.41 Å². The molecule has 40 heavy (non-hydrogen) atoms. The normalized spacial score (nSPS) is 13.2. The first-order chi connectivity index (χ1) is 19.0. The number of benzene rings is 3. The van der Waals surface area contributed by atoms with Gasteiger partial charge in [0.25, 0.3) is 5.91 Å². The minimum atomic E-state index is -0.548. The van der Waals surface area contributed by atoms with Crippen molar-refractivity contribution in [2.75, 3.05) is 23.3 Å². The maximum absolute atomic E-state index is 13.4. The van der Waals surface area contributed by atoms with Crippen molar-refractivity contribution in [1.29, 1.82) is 0 Å². The second kappa shape index (κ2) is 11.1. The summed E-state index contributed by atoms with van der Waals surface area (Å²) in [6.45, 7) is 9.60. The molecular weight excluding hydrogens is 545 g/mol. The van der Waals surface area contributed by atoms with E-state index in [1.807, 2.05) is 70.2 Å². The first kappa shape index (κ1) is 27.9. The zero-order chi connectivity index (χ0) is 28.6. The van der Waals surface area contributed by atoms with Gasteiger partial charge in [-0.2, -0.15) is 0 Å². The van der Waals surface area contributed by atoms with Crippen LogP contribution in [0.1, 0.15) is 48.7 Å². The van der Waals surface area contributed by atoms with Gasteiger partial charge < -0.3 is 15.5 Å². The summed E-state index contributed by atoms with van der Waals surface area (Å²) in [4.78, 5) is 37.8. The number of aromatic nitrogens is 2. The van der Waals surface area contributed by atoms with Gasteiger partial charge in [0.2, 0.25) is 5.91 Å². The third kappa shape index (κ3) is 5.62. The summed E-state index contributed by atoms with van der Waals surface area (Å²) < 4.78 is 0. The number of anilines is 2. The second-order valence-electron chi connectivity index (χ2n) is 11.0. The quantitative estimate of drug-likeness (QED) is 0.257. The molecule has 0 spiro atoms. The van der Waals surface area contributed by atoms with E-state index in [4.69, 9.17) is 33.2 Å². The van der Waals surface area contributed by atoms with Crippen LogP contribution in [0, 0.1) is 12.3 Å². The van der Waals surface area contributed by atoms with Crippen LogP contribution in [0.25, 0.3) is 22.3 Å². The maximum atomic E-state index is 13.4. The van der Waals surface area contributed by atoms with E-state index < -0.39 is 11.3 Å². The average molecular weight is 577 g/mol. The van der Waals surface area contributed by atoms with E-state index in [0.717, 1.165) is 47.4 Å². The Labute approximate surface area is 243 Å². The number of nitrogens with zero attached hydrogens (tertiary/aromatic N) is 3. The molecule has 206 valence electrons. The number of aryl methyl sites for hydroxylation is 1. The topological polar surface area (TPSA) is 87.2 Å². The fraction of sp³-hybridized carbons (Fsp3) is 0.290. The Hall–Kier alpha value is -3.68. The molecule has 5 rings (SSSR count). The van der Waals surface area contributed by atoms with Gasteiger partial charge in [0.05, 0.1) is 21.1 Å². The molecule has 1 aliphatic heterocycles. The van der Waals surface area contributed by atoms with Crippen LogP contribution in [0.15, 0.2) is 54.6 Å². The highest BCUT2D eigenvalue weighted by atomic mass is 35.5. The summed E-state index contributed by atoms with van der Waals surface area (Å²) in [6.07, 6.45) is 1.12. The van der Waals surface area contributed by atoms with E-state index in [-0.39, 0.29) is 28.1 Å². The molecule has 4 aromatic rings. The number of carbonyl (C=O) groups excluding carboxylic acids is 2. The van der Waals surface area contributed by atoms with Crippen molar-refractivity contribution in [3.63, 3.8) is 0 Å². The first-order valence-electron chi connectivity index (χ1n) is 13.2. The molecule has 2 heterocycles. The van der Waals surface area contributed by atoms with E-state index in [1.165, 1.54) is 0 Å². The molecule has 0 bridgehead atoms. The van der Waals surface area contributed by atoms with E-state index in [9.17, 15) is 9.59 Å². The maximum Gasteiger partial charge on any atom is 0.258 e. The molecule has 1 saturated heterocycles. The van der Waals surface area contributed by atoms with Gasteiger partial charge >= 0.3 is 0 Å². The van der Waals surface area contributed by atoms with E-state index >= 15 is 0 Å². The van der Waals surface area contributed by atoms with Crippen LogP contribution >= 0.6 is 23.2 Å². The van der Waals surface area contributed by atoms with Gasteiger partial charge in [-0.1, -0.05) is 74.3 Å². The Morgan fingerprint density at radius 3 is 2.42 bits per heavy atom. The van der Waals surface area contributed by atoms with Crippen LogP contribution in [0.3, 0.4) is 0 Å². The van der Waals surface area contributed by atoms with E-state index in [2.05, 4.69) is 15.5 Å². The lowest BCUT2D eigenvalue weighted by Crippen LogP contribution is -2.37. The number of carbonyl (C=O) groups is 2. The lowest BCUT2D eigenvalue weighted by molar-refractivity contribution is -0.128. The fourth-order valence-electron chi connectivity index (χ4n) is 4.48. The number of fused-ring (bicyclic) bond motifs is 1. The van der Waals surface area contributed by atoms with Crippen molar-refractivity contribution in [3.05, 3.63) is 81.3 Å². The summed E-state index contributed by atoms with van der Waals surface area (Å²) in [5, 5.41) is 7.13. The molecule has 1 aromatic heterocycles. The van der Waals surface area contributed by atoms with Crippen LogP contribution in [-0.4, -0.2) is 34.9 Å². The van der Waals surface area contributed by atoms with E-state index in [0.29, 0.717) is 17.1 Å². The summed E-state index contributed by atoms with van der Waals surface area (Å²) in [5.41, 5.74) is 3.53. The highest BCUT2D eigenvalue weighted by molar-refractivity contribution is 6.40. The van der Waals surface area contributed by atoms with Gasteiger partial charge in [-0.15, -0.1) is 0 Å². The molecule has 2 N–H and O–H groups in total. The number of amides is 2. The molecule has 7 nitrogen and oxygen atoms in total. The largest absolute Gasteiger partial charge is 0.356 e. The Balaban J connectivity index is 1.46. The van der Waals surface area contributed by atoms with Crippen molar-refractivity contribution in [2.45, 2.75) is 40.7 Å². The third-order valence-electron chi connectivity index (χ3n) is 6.99. The van der Waals surface area contributed by atoms with Crippen molar-refractivity contribution in [1.82, 2.24) is 15.3 Å². The van der Waals surface area contributed by atoms with Crippen molar-refractivity contribution >= 4 is 57.4 Å². The predicted molar refractivity (Wildman–Crippen MR) is 162 cm³/mol. The summed E-state index contributed by atoms with van der Waals surface area (Å²) in [6, 6.07) is 17.0. The molecule has 1 aliphatic rings. The number of hydrogen-bond donors (Lipinski definition) is 2. The molecule has 0 radical (unpaired) electrons. The standard InChI is InChI=1S/C31H31Cl2N5O2/c1-18-8-5-6-9-21(18)27-36-24-16-20(11-12-22(24)28(37-27)38-14-7-15-38)35-29(39)25-23(32)13-10-19(26(25)33)17-34-30(40)31(2,3)4/h5-6,8-13,16H,7,14-15,17H2,1-4H3,(H,34,40)(H,35,39). The molecule has 3 aromatic carbocycles. The Bertz CT molecular complexity index is 1630. The minimum Gasteiger partial charge on any atom is -0.356 e. The lowest BCUT2D eigenvalue weighted by atomic mass is 9.95. The van der Waals surface area contributed by atoms with Crippen LogP contribution < -0.4 is 15.5 Å². The number of halogens is 2. The molecule has 1 fully saturated rings. The SMILES string of the molecule is Cc1ccccc1-c1nc(N2CCC2)c2ccc(NC(=O)c3c(Cl)ccc(CNC(=O)C(C)(C)C)c3Cl)cc2n1. The Morgan fingerprint density at radius 1 is 1.00 bits per heavy atom. The van der Waals surface area contributed by atoms with Gasteiger partial charge in [-0.25, -0.2) is 9.97 Å². The molecule has 0 atom stereocenters. The number of hydrogen-bond acceptors (Lipinski definition) is 5. The average Bonchev–Trinajstić information content (AvgIpc) is 2.86. The molecule has 0 aliphatic carbocycles. The summed E-state index contributed by atoms with van der Waals surface area (Å²) in [7, 11) is 0. The van der Waals surface area contributed by atoms with Crippen LogP contribution in [-0.2, 0) is 11.3 Å². The van der Waals surface area contributed by atoms with Gasteiger partial charge in [0.1, 0.15) is 5.82 Å². The minimum absolute atomic E-state index is 0.120. The zero-order valence-corrected chi connectivity index (χ0v) is 24.5. The van der Waals surface area contributed by atoms with Crippen molar-refractivity contribution < 1.29 is 9.59 Å². The second-order valence-corrected chi connectivity index (χ2v) is 11.8. The lowest BCUT2D eigenvalue weighted by Gasteiger charge is -2.33. The van der Waals surface area contributed by atoms with Gasteiger partial charge in [-0.05, 0) is 48.7 Å². The molecular formula is C31H31Cl2N5O2.